The molecule has 0 aromatic heterocycles. The lowest BCUT2D eigenvalue weighted by molar-refractivity contribution is -0.133. The minimum absolute atomic E-state index is 0.179. The normalized spacial score (nSPS) is 22.8. The molecule has 0 saturated carbocycles. The zero-order chi connectivity index (χ0) is 20.3. The number of aliphatic imine (C=N–C) groups is 1. The summed E-state index contributed by atoms with van der Waals surface area (Å²) in [4.78, 5) is 19.1. The maximum absolute atomic E-state index is 14.9. The topological polar surface area (TPSA) is 67.9 Å². The van der Waals surface area contributed by atoms with E-state index in [4.69, 9.17) is 10.5 Å². The second-order valence-electron chi connectivity index (χ2n) is 8.08. The molecule has 1 atom stereocenters. The molecule has 2 aliphatic heterocycles. The van der Waals surface area contributed by atoms with Crippen LogP contribution < -0.4 is 10.5 Å². The SMILES string of the molecule is CCc1cccc(-c2ccc3c(c2)C2(CC(C)(C)O3)N=C(N)N(C)C2=O)c1F. The Morgan fingerprint density at radius 1 is 1.29 bits per heavy atom. The number of hydrogen-bond donors (Lipinski definition) is 1. The van der Waals surface area contributed by atoms with Crippen molar-refractivity contribution in [3.05, 3.63) is 53.3 Å². The van der Waals surface area contributed by atoms with E-state index in [2.05, 4.69) is 4.99 Å². The van der Waals surface area contributed by atoms with Crippen molar-refractivity contribution >= 4 is 11.9 Å². The number of nitrogens with zero attached hydrogens (tertiary/aromatic N) is 2. The van der Waals surface area contributed by atoms with E-state index in [1.165, 1.54) is 4.90 Å². The Bertz CT molecular complexity index is 1010. The Morgan fingerprint density at radius 3 is 2.68 bits per heavy atom. The molecule has 0 saturated heterocycles. The first-order chi connectivity index (χ1) is 13.2. The molecular weight excluding hydrogens is 357 g/mol. The summed E-state index contributed by atoms with van der Waals surface area (Å²) < 4.78 is 21.0. The van der Waals surface area contributed by atoms with Crippen molar-refractivity contribution in [2.24, 2.45) is 10.7 Å². The van der Waals surface area contributed by atoms with E-state index in [0.717, 1.165) is 0 Å². The molecule has 2 aromatic rings. The minimum Gasteiger partial charge on any atom is -0.487 e. The molecule has 5 nitrogen and oxygen atoms in total. The van der Waals surface area contributed by atoms with Gasteiger partial charge in [-0.15, -0.1) is 0 Å². The number of hydrogen-bond acceptors (Lipinski definition) is 4. The summed E-state index contributed by atoms with van der Waals surface area (Å²) in [6.45, 7) is 5.77. The lowest BCUT2D eigenvalue weighted by atomic mass is 9.77. The zero-order valence-corrected chi connectivity index (χ0v) is 16.5. The van der Waals surface area contributed by atoms with Crippen molar-refractivity contribution in [3.8, 4) is 16.9 Å². The fourth-order valence-corrected chi connectivity index (χ4v) is 4.22. The molecule has 0 bridgehead atoms. The molecule has 2 aliphatic rings. The number of ether oxygens (including phenoxy) is 1. The summed E-state index contributed by atoms with van der Waals surface area (Å²) in [6.07, 6.45) is 0.966. The molecule has 2 heterocycles. The molecule has 0 fully saturated rings. The number of guanidine groups is 1. The summed E-state index contributed by atoms with van der Waals surface area (Å²) in [5.41, 5.74) is 6.71. The summed E-state index contributed by atoms with van der Waals surface area (Å²) in [7, 11) is 1.62. The average molecular weight is 381 g/mol. The quantitative estimate of drug-likeness (QED) is 0.864. The molecular formula is C22H24FN3O2. The molecule has 4 rings (SSSR count). The molecule has 1 amide bonds. The third-order valence-corrected chi connectivity index (χ3v) is 5.57. The van der Waals surface area contributed by atoms with Gasteiger partial charge in [-0.2, -0.15) is 0 Å². The van der Waals surface area contributed by atoms with Gasteiger partial charge in [-0.05, 0) is 43.5 Å². The van der Waals surface area contributed by atoms with Gasteiger partial charge in [-0.25, -0.2) is 9.38 Å². The van der Waals surface area contributed by atoms with E-state index in [1.807, 2.05) is 39.0 Å². The third-order valence-electron chi connectivity index (χ3n) is 5.57. The summed E-state index contributed by atoms with van der Waals surface area (Å²) in [5, 5.41) is 0. The fraction of sp³-hybridized carbons (Fsp3) is 0.364. The monoisotopic (exact) mass is 381 g/mol. The Balaban J connectivity index is 1.93. The minimum atomic E-state index is -1.15. The number of nitrogens with two attached hydrogens (primary N) is 1. The van der Waals surface area contributed by atoms with Crippen LogP contribution in [0.3, 0.4) is 0 Å². The molecule has 2 aromatic carbocycles. The highest BCUT2D eigenvalue weighted by Crippen LogP contribution is 2.49. The van der Waals surface area contributed by atoms with Crippen LogP contribution in [0.25, 0.3) is 11.1 Å². The highest BCUT2D eigenvalue weighted by molar-refractivity contribution is 6.07. The van der Waals surface area contributed by atoms with Crippen LogP contribution in [0.4, 0.5) is 4.39 Å². The van der Waals surface area contributed by atoms with Crippen molar-refractivity contribution in [2.75, 3.05) is 7.05 Å². The maximum atomic E-state index is 14.9. The predicted octanol–water partition coefficient (Wildman–Crippen LogP) is 3.60. The highest BCUT2D eigenvalue weighted by atomic mass is 19.1. The average Bonchev–Trinajstić information content (AvgIpc) is 2.85. The van der Waals surface area contributed by atoms with Crippen molar-refractivity contribution in [2.45, 2.75) is 44.8 Å². The van der Waals surface area contributed by atoms with E-state index in [-0.39, 0.29) is 17.7 Å². The van der Waals surface area contributed by atoms with Crippen LogP contribution in [0.1, 0.15) is 38.3 Å². The lowest BCUT2D eigenvalue weighted by Crippen LogP contribution is -2.49. The highest BCUT2D eigenvalue weighted by Gasteiger charge is 2.55. The van der Waals surface area contributed by atoms with E-state index >= 15 is 0 Å². The van der Waals surface area contributed by atoms with Gasteiger partial charge >= 0.3 is 0 Å². The van der Waals surface area contributed by atoms with Gasteiger partial charge in [-0.3, -0.25) is 9.69 Å². The fourth-order valence-electron chi connectivity index (χ4n) is 4.22. The second-order valence-corrected chi connectivity index (χ2v) is 8.08. The van der Waals surface area contributed by atoms with Crippen molar-refractivity contribution in [3.63, 3.8) is 0 Å². The summed E-state index contributed by atoms with van der Waals surface area (Å²) in [5.74, 6) is 0.321. The largest absolute Gasteiger partial charge is 0.487 e. The van der Waals surface area contributed by atoms with Crippen LogP contribution in [0.5, 0.6) is 5.75 Å². The van der Waals surface area contributed by atoms with Gasteiger partial charge in [0, 0.05) is 24.6 Å². The van der Waals surface area contributed by atoms with Gasteiger partial charge in [-0.1, -0.05) is 31.2 Å². The summed E-state index contributed by atoms with van der Waals surface area (Å²) >= 11 is 0. The van der Waals surface area contributed by atoms with Gasteiger partial charge in [0.2, 0.25) is 0 Å². The van der Waals surface area contributed by atoms with Crippen molar-refractivity contribution < 1.29 is 13.9 Å². The Kier molecular flexibility index (Phi) is 4.00. The molecule has 28 heavy (non-hydrogen) atoms. The van der Waals surface area contributed by atoms with Gasteiger partial charge in [0.15, 0.2) is 11.5 Å². The maximum Gasteiger partial charge on any atom is 0.261 e. The van der Waals surface area contributed by atoms with Crippen LogP contribution in [-0.2, 0) is 16.8 Å². The van der Waals surface area contributed by atoms with E-state index in [0.29, 0.717) is 40.8 Å². The number of amides is 1. The third kappa shape index (κ3) is 2.58. The number of benzene rings is 2. The Labute approximate surface area is 164 Å². The van der Waals surface area contributed by atoms with Crippen LogP contribution >= 0.6 is 0 Å². The molecule has 0 aliphatic carbocycles. The molecule has 2 N–H and O–H groups in total. The lowest BCUT2D eigenvalue weighted by Gasteiger charge is -2.41. The summed E-state index contributed by atoms with van der Waals surface area (Å²) in [6, 6.07) is 10.8. The number of halogens is 1. The number of aryl methyl sites for hydroxylation is 1. The van der Waals surface area contributed by atoms with Crippen molar-refractivity contribution in [1.29, 1.82) is 0 Å². The smallest absolute Gasteiger partial charge is 0.261 e. The Morgan fingerprint density at radius 2 is 2.04 bits per heavy atom. The predicted molar refractivity (Wildman–Crippen MR) is 107 cm³/mol. The first kappa shape index (κ1) is 18.5. The molecule has 146 valence electrons. The van der Waals surface area contributed by atoms with Gasteiger partial charge in [0.05, 0.1) is 0 Å². The van der Waals surface area contributed by atoms with E-state index < -0.39 is 11.1 Å². The number of rotatable bonds is 2. The van der Waals surface area contributed by atoms with Crippen LogP contribution in [0.2, 0.25) is 0 Å². The standard InChI is InChI=1S/C22H24FN3O2/c1-5-13-7-6-8-15(18(13)23)14-9-10-17-16(11-14)22(12-21(2,3)28-17)19(27)26(4)20(24)25-22/h6-11H,5,12H2,1-4H3,(H2,24,25). The number of likely N-dealkylation sites (N-methyl/N-ethyl adjacent to an activating group) is 1. The molecule has 1 unspecified atom stereocenters. The van der Waals surface area contributed by atoms with Gasteiger partial charge in [0.1, 0.15) is 17.2 Å². The first-order valence-electron chi connectivity index (χ1n) is 9.43. The number of carbonyl (C=O) groups is 1. The van der Waals surface area contributed by atoms with Crippen molar-refractivity contribution in [1.82, 2.24) is 4.90 Å². The van der Waals surface area contributed by atoms with E-state index in [1.54, 1.807) is 25.2 Å². The number of carbonyl (C=O) groups excluding carboxylic acids is 1. The van der Waals surface area contributed by atoms with Gasteiger partial charge < -0.3 is 10.5 Å². The zero-order valence-electron chi connectivity index (χ0n) is 16.5. The van der Waals surface area contributed by atoms with Crippen LogP contribution in [0, 0.1) is 5.82 Å². The second kappa shape index (κ2) is 6.06. The van der Waals surface area contributed by atoms with Gasteiger partial charge in [0.25, 0.3) is 5.91 Å². The van der Waals surface area contributed by atoms with Crippen LogP contribution in [-0.4, -0.2) is 29.4 Å². The van der Waals surface area contributed by atoms with Crippen LogP contribution in [0.15, 0.2) is 41.4 Å². The first-order valence-corrected chi connectivity index (χ1v) is 9.43. The molecule has 1 spiro atoms. The number of fused-ring (bicyclic) bond motifs is 2. The molecule has 0 radical (unpaired) electrons. The molecule has 6 heteroatoms. The van der Waals surface area contributed by atoms with E-state index in [9.17, 15) is 9.18 Å². The Hall–Kier alpha value is -2.89.